The van der Waals surface area contributed by atoms with Crippen LogP contribution in [-0.2, 0) is 6.54 Å². The van der Waals surface area contributed by atoms with Crippen molar-refractivity contribution in [3.05, 3.63) is 78.4 Å². The molecule has 5 rings (SSSR count). The molecule has 198 valence electrons. The average Bonchev–Trinajstić information content (AvgIpc) is 3.24. The van der Waals surface area contributed by atoms with Crippen LogP contribution < -0.4 is 9.47 Å². The van der Waals surface area contributed by atoms with Gasteiger partial charge in [0.15, 0.2) is 5.69 Å². The van der Waals surface area contributed by atoms with Gasteiger partial charge >= 0.3 is 0 Å². The number of pyridine rings is 1. The monoisotopic (exact) mass is 522 g/mol. The van der Waals surface area contributed by atoms with E-state index in [0.29, 0.717) is 45.6 Å². The molecule has 0 spiro atoms. The Labute approximate surface area is 226 Å². The summed E-state index contributed by atoms with van der Waals surface area (Å²) in [4.78, 5) is 18.3. The smallest absolute Gasteiger partial charge is 0.296 e. The third-order valence-electron chi connectivity index (χ3n) is 6.76. The number of carbonyl (C=O) groups excluding carboxylic acids is 1. The molecule has 1 N–H and O–H groups in total. The molecule has 0 aliphatic rings. The van der Waals surface area contributed by atoms with Gasteiger partial charge in [0.1, 0.15) is 11.5 Å². The summed E-state index contributed by atoms with van der Waals surface area (Å²) in [6.07, 6.45) is 3.00. The number of aromatic hydroxyl groups is 1. The van der Waals surface area contributed by atoms with E-state index in [-0.39, 0.29) is 11.6 Å². The van der Waals surface area contributed by atoms with Crippen molar-refractivity contribution in [2.24, 2.45) is 10.2 Å². The quantitative estimate of drug-likeness (QED) is 0.158. The number of azo groups is 1. The van der Waals surface area contributed by atoms with Crippen molar-refractivity contribution in [3.8, 4) is 28.6 Å². The molecule has 0 unspecified atom stereocenters. The van der Waals surface area contributed by atoms with Gasteiger partial charge in [-0.3, -0.25) is 4.79 Å². The van der Waals surface area contributed by atoms with Crippen LogP contribution in [0.15, 0.2) is 83.0 Å². The van der Waals surface area contributed by atoms with E-state index in [9.17, 15) is 9.90 Å². The minimum absolute atomic E-state index is 0.0304. The summed E-state index contributed by atoms with van der Waals surface area (Å²) in [7, 11) is 3.15. The molecule has 8 nitrogen and oxygen atoms in total. The fourth-order valence-electron chi connectivity index (χ4n) is 4.69. The standard InChI is InChI=1S/C31H30N4O4/c1-4-5-9-16-35-28-15-13-22(39-3)18-25(28)29(31(35)37)33-34-30(36)24-19-27(20-10-7-6-8-11-20)32-26-14-12-21(38-2)17-23(24)26/h6-8,10-15,17-19,37H,4-5,9,16H2,1-3H3. The second kappa shape index (κ2) is 11.3. The molecule has 0 saturated heterocycles. The highest BCUT2D eigenvalue weighted by atomic mass is 16.5. The van der Waals surface area contributed by atoms with Crippen molar-refractivity contribution >= 4 is 33.4 Å². The molecule has 3 aromatic carbocycles. The molecule has 0 fully saturated rings. The number of nitrogens with zero attached hydrogens (tertiary/aromatic N) is 4. The zero-order valence-corrected chi connectivity index (χ0v) is 22.2. The van der Waals surface area contributed by atoms with Crippen molar-refractivity contribution in [2.45, 2.75) is 32.7 Å². The largest absolute Gasteiger partial charge is 0.497 e. The van der Waals surface area contributed by atoms with Crippen molar-refractivity contribution in [3.63, 3.8) is 0 Å². The van der Waals surface area contributed by atoms with Crippen LogP contribution in [0.2, 0.25) is 0 Å². The van der Waals surface area contributed by atoms with Gasteiger partial charge in [0, 0.05) is 22.9 Å². The van der Waals surface area contributed by atoms with Crippen LogP contribution in [0.3, 0.4) is 0 Å². The van der Waals surface area contributed by atoms with Crippen molar-refractivity contribution in [1.82, 2.24) is 9.55 Å². The summed E-state index contributed by atoms with van der Waals surface area (Å²) in [5.74, 6) is 0.637. The molecular formula is C31H30N4O4. The Morgan fingerprint density at radius 3 is 2.36 bits per heavy atom. The maximum absolute atomic E-state index is 13.6. The van der Waals surface area contributed by atoms with Crippen molar-refractivity contribution in [2.75, 3.05) is 14.2 Å². The van der Waals surface area contributed by atoms with Gasteiger partial charge in [0.2, 0.25) is 5.88 Å². The zero-order chi connectivity index (χ0) is 27.4. The third-order valence-corrected chi connectivity index (χ3v) is 6.76. The van der Waals surface area contributed by atoms with Crippen LogP contribution in [0.1, 0.15) is 36.5 Å². The molecule has 39 heavy (non-hydrogen) atoms. The SMILES string of the molecule is CCCCCn1c(O)c(N=NC(=O)c2cc(-c3ccccc3)nc3ccc(OC)cc23)c2cc(OC)ccc21. The van der Waals surface area contributed by atoms with Crippen molar-refractivity contribution in [1.29, 1.82) is 0 Å². The van der Waals surface area contributed by atoms with E-state index in [1.54, 1.807) is 38.5 Å². The third kappa shape index (κ3) is 5.18. The summed E-state index contributed by atoms with van der Waals surface area (Å²) in [5.41, 5.74) is 3.53. The molecule has 8 heteroatoms. The lowest BCUT2D eigenvalue weighted by atomic mass is 10.0. The Balaban J connectivity index is 1.60. The summed E-state index contributed by atoms with van der Waals surface area (Å²) in [5, 5.41) is 20.8. The minimum Gasteiger partial charge on any atom is -0.497 e. The van der Waals surface area contributed by atoms with Crippen molar-refractivity contribution < 1.29 is 19.4 Å². The van der Waals surface area contributed by atoms with Gasteiger partial charge in [-0.05, 0) is 48.9 Å². The predicted molar refractivity (Wildman–Crippen MR) is 152 cm³/mol. The van der Waals surface area contributed by atoms with Gasteiger partial charge in [-0.2, -0.15) is 0 Å². The van der Waals surface area contributed by atoms with Gasteiger partial charge in [-0.15, -0.1) is 10.2 Å². The summed E-state index contributed by atoms with van der Waals surface area (Å²) in [6.45, 7) is 2.76. The molecule has 1 amide bonds. The molecular weight excluding hydrogens is 492 g/mol. The number of methoxy groups -OCH3 is 2. The first kappa shape index (κ1) is 25.9. The summed E-state index contributed by atoms with van der Waals surface area (Å²) >= 11 is 0. The van der Waals surface area contributed by atoms with E-state index < -0.39 is 5.91 Å². The Hall–Kier alpha value is -4.72. The first-order valence-electron chi connectivity index (χ1n) is 12.9. The van der Waals surface area contributed by atoms with Crippen LogP contribution in [-0.4, -0.2) is 34.8 Å². The number of benzene rings is 3. The molecule has 2 aromatic heterocycles. The van der Waals surface area contributed by atoms with E-state index in [4.69, 9.17) is 14.5 Å². The van der Waals surface area contributed by atoms with Crippen LogP contribution >= 0.6 is 0 Å². The molecule has 0 saturated carbocycles. The van der Waals surface area contributed by atoms with Crippen LogP contribution in [0.25, 0.3) is 33.1 Å². The highest BCUT2D eigenvalue weighted by Gasteiger charge is 2.19. The lowest BCUT2D eigenvalue weighted by molar-refractivity contribution is 0.0996. The van der Waals surface area contributed by atoms with E-state index in [1.807, 2.05) is 53.1 Å². The zero-order valence-electron chi connectivity index (χ0n) is 22.2. The van der Waals surface area contributed by atoms with Gasteiger partial charge < -0.3 is 19.1 Å². The Kier molecular flexibility index (Phi) is 7.54. The number of unbranched alkanes of at least 4 members (excludes halogenated alkanes) is 2. The van der Waals surface area contributed by atoms with Gasteiger partial charge in [0.25, 0.3) is 5.91 Å². The second-order valence-corrected chi connectivity index (χ2v) is 9.22. The van der Waals surface area contributed by atoms with E-state index in [1.165, 1.54) is 0 Å². The number of aryl methyl sites for hydroxylation is 1. The number of carbonyl (C=O) groups is 1. The topological polar surface area (TPSA) is 98.3 Å². The molecule has 2 heterocycles. The fourth-order valence-corrected chi connectivity index (χ4v) is 4.69. The lowest BCUT2D eigenvalue weighted by Crippen LogP contribution is -1.99. The number of rotatable bonds is 9. The molecule has 0 aliphatic carbocycles. The van der Waals surface area contributed by atoms with Gasteiger partial charge in [-0.1, -0.05) is 50.1 Å². The first-order valence-corrected chi connectivity index (χ1v) is 12.9. The average molecular weight is 523 g/mol. The molecule has 0 radical (unpaired) electrons. The van der Waals surface area contributed by atoms with E-state index in [2.05, 4.69) is 17.2 Å². The molecule has 0 atom stereocenters. The number of fused-ring (bicyclic) bond motifs is 2. The number of aromatic nitrogens is 2. The highest BCUT2D eigenvalue weighted by Crippen LogP contribution is 2.41. The maximum atomic E-state index is 13.6. The highest BCUT2D eigenvalue weighted by molar-refractivity contribution is 6.08. The first-order chi connectivity index (χ1) is 19.0. The number of amides is 1. The summed E-state index contributed by atoms with van der Waals surface area (Å²) in [6, 6.07) is 22.3. The van der Waals surface area contributed by atoms with Gasteiger partial charge in [-0.25, -0.2) is 4.98 Å². The Bertz CT molecular complexity index is 1680. The normalized spacial score (nSPS) is 11.5. The Morgan fingerprint density at radius 1 is 0.923 bits per heavy atom. The number of hydrogen-bond acceptors (Lipinski definition) is 6. The number of hydrogen-bond donors (Lipinski definition) is 1. The van der Waals surface area contributed by atoms with E-state index in [0.717, 1.165) is 30.3 Å². The van der Waals surface area contributed by atoms with Gasteiger partial charge in [0.05, 0.1) is 36.5 Å². The molecule has 5 aromatic rings. The molecule has 0 aliphatic heterocycles. The van der Waals surface area contributed by atoms with E-state index >= 15 is 0 Å². The minimum atomic E-state index is -0.554. The number of ether oxygens (including phenoxy) is 2. The molecule has 0 bridgehead atoms. The Morgan fingerprint density at radius 2 is 1.64 bits per heavy atom. The van der Waals surface area contributed by atoms with Crippen LogP contribution in [0.5, 0.6) is 17.4 Å². The lowest BCUT2D eigenvalue weighted by Gasteiger charge is -2.09. The van der Waals surface area contributed by atoms with Crippen LogP contribution in [0.4, 0.5) is 5.69 Å². The van der Waals surface area contributed by atoms with Crippen LogP contribution in [0, 0.1) is 0 Å². The fraction of sp³-hybridized carbons (Fsp3) is 0.226. The predicted octanol–water partition coefficient (Wildman–Crippen LogP) is 7.69. The maximum Gasteiger partial charge on any atom is 0.296 e. The second-order valence-electron chi connectivity index (χ2n) is 9.22. The summed E-state index contributed by atoms with van der Waals surface area (Å²) < 4.78 is 12.6.